The van der Waals surface area contributed by atoms with Gasteiger partial charge in [0.15, 0.2) is 0 Å². The van der Waals surface area contributed by atoms with E-state index in [1.54, 1.807) is 0 Å². The van der Waals surface area contributed by atoms with Gasteiger partial charge in [0.1, 0.15) is 0 Å². The Bertz CT molecular complexity index is 195. The lowest BCUT2D eigenvalue weighted by molar-refractivity contribution is -0.137. The molecule has 5 heteroatoms. The van der Waals surface area contributed by atoms with E-state index in [0.717, 1.165) is 0 Å². The predicted octanol–water partition coefficient (Wildman–Crippen LogP) is 2.10. The summed E-state index contributed by atoms with van der Waals surface area (Å²) in [6, 6.07) is 0. The van der Waals surface area contributed by atoms with Crippen molar-refractivity contribution >= 4 is 29.2 Å². The Morgan fingerprint density at radius 3 is 2.69 bits per heavy atom. The Kier molecular flexibility index (Phi) is 7.04. The summed E-state index contributed by atoms with van der Waals surface area (Å²) < 4.78 is 0. The van der Waals surface area contributed by atoms with Crippen LogP contribution in [0.5, 0.6) is 0 Å². The van der Waals surface area contributed by atoms with Crippen LogP contribution in [0.4, 0.5) is 0 Å². The maximum absolute atomic E-state index is 10.2. The van der Waals surface area contributed by atoms with E-state index in [1.807, 2.05) is 11.9 Å². The van der Waals surface area contributed by atoms with Crippen LogP contribution in [-0.4, -0.2) is 36.1 Å². The number of nitrogens with zero attached hydrogens (tertiary/aromatic N) is 1. The Morgan fingerprint density at radius 1 is 1.62 bits per heavy atom. The summed E-state index contributed by atoms with van der Waals surface area (Å²) in [6.45, 7) is 1.26. The highest BCUT2D eigenvalue weighted by atomic mass is 35.5. The third-order valence-corrected chi connectivity index (χ3v) is 2.07. The van der Waals surface area contributed by atoms with Gasteiger partial charge in [-0.2, -0.15) is 0 Å². The number of halogens is 2. The molecule has 0 aliphatic rings. The molecule has 0 unspecified atom stereocenters. The summed E-state index contributed by atoms with van der Waals surface area (Å²) in [5, 5.41) is 8.93. The summed E-state index contributed by atoms with van der Waals surface area (Å²) >= 11 is 11.0. The second-order valence-electron chi connectivity index (χ2n) is 2.79. The van der Waals surface area contributed by atoms with Crippen molar-refractivity contribution in [2.45, 2.75) is 12.8 Å². The first-order valence-corrected chi connectivity index (χ1v) is 4.72. The normalized spacial score (nSPS) is 12.2. The zero-order valence-corrected chi connectivity index (χ0v) is 8.98. The second-order valence-corrected chi connectivity index (χ2v) is 3.49. The van der Waals surface area contributed by atoms with Gasteiger partial charge < -0.3 is 10.0 Å². The van der Waals surface area contributed by atoms with Crippen LogP contribution < -0.4 is 0 Å². The lowest BCUT2D eigenvalue weighted by atomic mass is 10.3. The van der Waals surface area contributed by atoms with Gasteiger partial charge in [0, 0.05) is 23.5 Å². The molecule has 0 spiro atoms. The molecule has 0 rings (SSSR count). The largest absolute Gasteiger partial charge is 0.481 e. The number of hydrogen-bond donors (Lipinski definition) is 1. The minimum atomic E-state index is -0.771. The van der Waals surface area contributed by atoms with E-state index in [4.69, 9.17) is 28.3 Å². The van der Waals surface area contributed by atoms with Crippen molar-refractivity contribution in [2.75, 3.05) is 20.1 Å². The fraction of sp³-hybridized carbons (Fsp3) is 0.625. The van der Waals surface area contributed by atoms with Crippen molar-refractivity contribution in [3.8, 4) is 0 Å². The molecule has 0 heterocycles. The summed E-state index contributed by atoms with van der Waals surface area (Å²) in [6.07, 6.45) is 0.810. The standard InChI is InChI=1S/C8H13Cl2NO2/c1-11(6-7(10)5-9)4-2-3-8(12)13/h5H,2-4,6H2,1H3,(H,12,13). The molecule has 0 bridgehead atoms. The fourth-order valence-electron chi connectivity index (χ4n) is 0.872. The number of rotatable bonds is 6. The van der Waals surface area contributed by atoms with Crippen LogP contribution in [0.2, 0.25) is 0 Å². The van der Waals surface area contributed by atoms with E-state index in [-0.39, 0.29) is 6.42 Å². The van der Waals surface area contributed by atoms with E-state index in [9.17, 15) is 4.79 Å². The van der Waals surface area contributed by atoms with Gasteiger partial charge in [0.25, 0.3) is 0 Å². The molecule has 0 aromatic carbocycles. The van der Waals surface area contributed by atoms with Crippen molar-refractivity contribution in [2.24, 2.45) is 0 Å². The van der Waals surface area contributed by atoms with Crippen molar-refractivity contribution in [3.05, 3.63) is 10.6 Å². The summed E-state index contributed by atoms with van der Waals surface area (Å²) in [4.78, 5) is 12.1. The number of carbonyl (C=O) groups is 1. The molecule has 1 N–H and O–H groups in total. The Labute approximate surface area is 87.9 Å². The molecule has 0 amide bonds. The third-order valence-electron chi connectivity index (χ3n) is 1.47. The molecule has 0 aliphatic heterocycles. The van der Waals surface area contributed by atoms with Crippen LogP contribution in [0.25, 0.3) is 0 Å². The first-order chi connectivity index (χ1) is 6.06. The Morgan fingerprint density at radius 2 is 2.23 bits per heavy atom. The molecule has 0 saturated carbocycles. The van der Waals surface area contributed by atoms with Gasteiger partial charge in [-0.15, -0.1) is 0 Å². The van der Waals surface area contributed by atoms with Crippen molar-refractivity contribution in [3.63, 3.8) is 0 Å². The van der Waals surface area contributed by atoms with Crippen LogP contribution >= 0.6 is 23.2 Å². The minimum Gasteiger partial charge on any atom is -0.481 e. The van der Waals surface area contributed by atoms with Crippen molar-refractivity contribution in [1.29, 1.82) is 0 Å². The van der Waals surface area contributed by atoms with Gasteiger partial charge >= 0.3 is 5.97 Å². The zero-order valence-electron chi connectivity index (χ0n) is 7.46. The number of carboxylic acid groups (broad SMARTS) is 1. The van der Waals surface area contributed by atoms with Crippen molar-refractivity contribution < 1.29 is 9.90 Å². The molecule has 3 nitrogen and oxygen atoms in total. The molecular formula is C8H13Cl2NO2. The zero-order chi connectivity index (χ0) is 10.3. The number of hydrogen-bond acceptors (Lipinski definition) is 2. The average Bonchev–Trinajstić information content (AvgIpc) is 2.03. The Hall–Kier alpha value is -0.250. The molecule has 0 fully saturated rings. The molecule has 13 heavy (non-hydrogen) atoms. The summed E-state index contributed by atoms with van der Waals surface area (Å²) in [5.74, 6) is -0.771. The monoisotopic (exact) mass is 225 g/mol. The van der Waals surface area contributed by atoms with Crippen LogP contribution in [0.15, 0.2) is 10.6 Å². The number of likely N-dealkylation sites (N-methyl/N-ethyl adjacent to an activating group) is 1. The van der Waals surface area contributed by atoms with E-state index in [0.29, 0.717) is 24.5 Å². The first-order valence-electron chi connectivity index (χ1n) is 3.91. The minimum absolute atomic E-state index is 0.187. The van der Waals surface area contributed by atoms with Crippen LogP contribution in [-0.2, 0) is 4.79 Å². The molecule has 0 radical (unpaired) electrons. The van der Waals surface area contributed by atoms with Crippen LogP contribution in [0.1, 0.15) is 12.8 Å². The van der Waals surface area contributed by atoms with Gasteiger partial charge in [0.2, 0.25) is 0 Å². The molecule has 0 aromatic heterocycles. The van der Waals surface area contributed by atoms with Gasteiger partial charge in [-0.25, -0.2) is 0 Å². The topological polar surface area (TPSA) is 40.5 Å². The van der Waals surface area contributed by atoms with Gasteiger partial charge in [-0.1, -0.05) is 23.2 Å². The van der Waals surface area contributed by atoms with E-state index in [1.165, 1.54) is 5.54 Å². The second kappa shape index (κ2) is 7.18. The smallest absolute Gasteiger partial charge is 0.303 e. The number of aliphatic carboxylic acids is 1. The molecule has 0 saturated heterocycles. The highest BCUT2D eigenvalue weighted by Gasteiger charge is 2.02. The first kappa shape index (κ1) is 12.8. The SMILES string of the molecule is CN(CCCC(=O)O)CC(Cl)=CCl. The van der Waals surface area contributed by atoms with Gasteiger partial charge in [-0.05, 0) is 20.0 Å². The summed E-state index contributed by atoms with van der Waals surface area (Å²) in [7, 11) is 1.87. The fourth-order valence-corrected chi connectivity index (χ4v) is 1.14. The van der Waals surface area contributed by atoms with E-state index < -0.39 is 5.97 Å². The molecular weight excluding hydrogens is 213 g/mol. The molecule has 0 atom stereocenters. The molecule has 0 aromatic rings. The highest BCUT2D eigenvalue weighted by molar-refractivity contribution is 6.36. The quantitative estimate of drug-likeness (QED) is 0.753. The van der Waals surface area contributed by atoms with Gasteiger partial charge in [-0.3, -0.25) is 4.79 Å². The van der Waals surface area contributed by atoms with E-state index in [2.05, 4.69) is 0 Å². The predicted molar refractivity (Wildman–Crippen MR) is 54.2 cm³/mol. The summed E-state index contributed by atoms with van der Waals surface area (Å²) in [5.41, 5.74) is 1.31. The molecule has 0 aliphatic carbocycles. The maximum atomic E-state index is 10.2. The van der Waals surface area contributed by atoms with E-state index >= 15 is 0 Å². The number of carboxylic acids is 1. The van der Waals surface area contributed by atoms with Gasteiger partial charge in [0.05, 0.1) is 0 Å². The Balaban J connectivity index is 3.51. The van der Waals surface area contributed by atoms with Crippen LogP contribution in [0, 0.1) is 0 Å². The lowest BCUT2D eigenvalue weighted by Crippen LogP contribution is -2.21. The van der Waals surface area contributed by atoms with Crippen molar-refractivity contribution in [1.82, 2.24) is 4.90 Å². The van der Waals surface area contributed by atoms with Crippen LogP contribution in [0.3, 0.4) is 0 Å². The lowest BCUT2D eigenvalue weighted by Gasteiger charge is -2.14. The third kappa shape index (κ3) is 8.09. The highest BCUT2D eigenvalue weighted by Crippen LogP contribution is 2.05. The molecule has 76 valence electrons. The average molecular weight is 226 g/mol. The maximum Gasteiger partial charge on any atom is 0.303 e.